The van der Waals surface area contributed by atoms with E-state index in [9.17, 15) is 18.0 Å². The fourth-order valence-electron chi connectivity index (χ4n) is 1.60. The van der Waals surface area contributed by atoms with Gasteiger partial charge in [-0.1, -0.05) is 0 Å². The third kappa shape index (κ3) is 2.45. The number of hydrogen-bond donors (Lipinski definition) is 0. The number of benzene rings is 1. The van der Waals surface area contributed by atoms with Gasteiger partial charge in [0.15, 0.2) is 0 Å². The van der Waals surface area contributed by atoms with Gasteiger partial charge < -0.3 is 0 Å². The molecule has 0 saturated carbocycles. The van der Waals surface area contributed by atoms with E-state index in [0.717, 1.165) is 17.7 Å². The molecular formula is C13H10F3NO. The Morgan fingerprint density at radius 1 is 1.06 bits per heavy atom. The van der Waals surface area contributed by atoms with Crippen molar-refractivity contribution in [1.29, 1.82) is 0 Å². The van der Waals surface area contributed by atoms with Crippen molar-refractivity contribution in [3.63, 3.8) is 0 Å². The second-order valence-electron chi connectivity index (χ2n) is 3.96. The van der Waals surface area contributed by atoms with Gasteiger partial charge in [0, 0.05) is 18.0 Å². The van der Waals surface area contributed by atoms with Crippen LogP contribution in [0.15, 0.2) is 47.4 Å². The van der Waals surface area contributed by atoms with Crippen LogP contribution in [0.4, 0.5) is 13.2 Å². The largest absolute Gasteiger partial charge is 0.416 e. The second-order valence-corrected chi connectivity index (χ2v) is 3.96. The summed E-state index contributed by atoms with van der Waals surface area (Å²) in [5.74, 6) is 0. The smallest absolute Gasteiger partial charge is 0.284 e. The molecule has 2 aromatic rings. The minimum absolute atomic E-state index is 0.269. The SMILES string of the molecule is Cc1ccn(-c2ccc(C(F)(F)F)cc2)c(=O)c1. The van der Waals surface area contributed by atoms with Gasteiger partial charge in [-0.05, 0) is 42.8 Å². The van der Waals surface area contributed by atoms with E-state index < -0.39 is 11.7 Å². The quantitative estimate of drug-likeness (QED) is 0.765. The van der Waals surface area contributed by atoms with Gasteiger partial charge in [0.25, 0.3) is 5.56 Å². The summed E-state index contributed by atoms with van der Waals surface area (Å²) in [7, 11) is 0. The summed E-state index contributed by atoms with van der Waals surface area (Å²) < 4.78 is 38.5. The van der Waals surface area contributed by atoms with Crippen LogP contribution in [0.1, 0.15) is 11.1 Å². The fraction of sp³-hybridized carbons (Fsp3) is 0.154. The number of nitrogens with zero attached hydrogens (tertiary/aromatic N) is 1. The molecule has 94 valence electrons. The average Bonchev–Trinajstić information content (AvgIpc) is 2.28. The number of alkyl halides is 3. The molecule has 0 fully saturated rings. The van der Waals surface area contributed by atoms with Crippen molar-refractivity contribution in [2.75, 3.05) is 0 Å². The molecule has 0 aliphatic heterocycles. The predicted octanol–water partition coefficient (Wildman–Crippen LogP) is 3.16. The molecule has 0 aliphatic carbocycles. The zero-order valence-electron chi connectivity index (χ0n) is 9.53. The Morgan fingerprint density at radius 2 is 1.67 bits per heavy atom. The zero-order valence-corrected chi connectivity index (χ0v) is 9.53. The summed E-state index contributed by atoms with van der Waals surface area (Å²) >= 11 is 0. The highest BCUT2D eigenvalue weighted by Gasteiger charge is 2.29. The molecule has 0 unspecified atom stereocenters. The van der Waals surface area contributed by atoms with Crippen molar-refractivity contribution in [2.24, 2.45) is 0 Å². The third-order valence-corrected chi connectivity index (χ3v) is 2.55. The maximum Gasteiger partial charge on any atom is 0.416 e. The number of aromatic nitrogens is 1. The molecule has 1 heterocycles. The van der Waals surface area contributed by atoms with Crippen LogP contribution in [0, 0.1) is 6.92 Å². The van der Waals surface area contributed by atoms with Crippen molar-refractivity contribution in [3.05, 3.63) is 64.1 Å². The minimum Gasteiger partial charge on any atom is -0.284 e. The number of hydrogen-bond acceptors (Lipinski definition) is 1. The Balaban J connectivity index is 2.44. The summed E-state index contributed by atoms with van der Waals surface area (Å²) in [5, 5.41) is 0. The van der Waals surface area contributed by atoms with Crippen molar-refractivity contribution in [3.8, 4) is 5.69 Å². The normalized spacial score (nSPS) is 11.6. The van der Waals surface area contributed by atoms with Gasteiger partial charge >= 0.3 is 6.18 Å². The lowest BCUT2D eigenvalue weighted by Gasteiger charge is -2.09. The van der Waals surface area contributed by atoms with Gasteiger partial charge in [-0.3, -0.25) is 9.36 Å². The van der Waals surface area contributed by atoms with Crippen molar-refractivity contribution < 1.29 is 13.2 Å². The van der Waals surface area contributed by atoms with Crippen LogP contribution in [-0.4, -0.2) is 4.57 Å². The molecule has 1 aromatic carbocycles. The minimum atomic E-state index is -4.36. The number of pyridine rings is 1. The topological polar surface area (TPSA) is 22.0 Å². The van der Waals surface area contributed by atoms with E-state index in [1.165, 1.54) is 22.8 Å². The van der Waals surface area contributed by atoms with Gasteiger partial charge in [-0.15, -0.1) is 0 Å². The first-order valence-corrected chi connectivity index (χ1v) is 5.25. The van der Waals surface area contributed by atoms with Gasteiger partial charge in [0.05, 0.1) is 5.56 Å². The fourth-order valence-corrected chi connectivity index (χ4v) is 1.60. The van der Waals surface area contributed by atoms with E-state index in [-0.39, 0.29) is 5.56 Å². The Labute approximate surface area is 101 Å². The maximum absolute atomic E-state index is 12.4. The van der Waals surface area contributed by atoms with Crippen LogP contribution in [0.25, 0.3) is 5.69 Å². The standard InChI is InChI=1S/C13H10F3NO/c1-9-6-7-17(12(18)8-9)11-4-2-10(3-5-11)13(14,15)16/h2-8H,1H3. The summed E-state index contributed by atoms with van der Waals surface area (Å²) in [6, 6.07) is 7.62. The van der Waals surface area contributed by atoms with Gasteiger partial charge in [-0.2, -0.15) is 13.2 Å². The summed E-state index contributed by atoms with van der Waals surface area (Å²) in [4.78, 5) is 11.7. The first-order chi connectivity index (χ1) is 8.38. The van der Waals surface area contributed by atoms with E-state index in [2.05, 4.69) is 0 Å². The molecule has 0 amide bonds. The Bertz CT molecular complexity index is 611. The summed E-state index contributed by atoms with van der Waals surface area (Å²) in [6.45, 7) is 1.78. The molecular weight excluding hydrogens is 243 g/mol. The first kappa shape index (κ1) is 12.4. The van der Waals surface area contributed by atoms with Crippen LogP contribution in [0.3, 0.4) is 0 Å². The molecule has 0 bridgehead atoms. The van der Waals surface area contributed by atoms with Gasteiger partial charge in [0.2, 0.25) is 0 Å². The molecule has 0 atom stereocenters. The maximum atomic E-state index is 12.4. The lowest BCUT2D eigenvalue weighted by atomic mass is 10.2. The second kappa shape index (κ2) is 4.33. The summed E-state index contributed by atoms with van der Waals surface area (Å²) in [5.41, 5.74) is 0.220. The molecule has 5 heteroatoms. The van der Waals surface area contributed by atoms with Crippen LogP contribution >= 0.6 is 0 Å². The molecule has 1 aromatic heterocycles. The highest BCUT2D eigenvalue weighted by Crippen LogP contribution is 2.29. The zero-order chi connectivity index (χ0) is 13.3. The molecule has 0 radical (unpaired) electrons. The van der Waals surface area contributed by atoms with Crippen molar-refractivity contribution in [2.45, 2.75) is 13.1 Å². The van der Waals surface area contributed by atoms with Crippen molar-refractivity contribution >= 4 is 0 Å². The lowest BCUT2D eigenvalue weighted by Crippen LogP contribution is -2.16. The highest BCUT2D eigenvalue weighted by atomic mass is 19.4. The molecule has 0 N–H and O–H groups in total. The Hall–Kier alpha value is -2.04. The van der Waals surface area contributed by atoms with E-state index in [1.54, 1.807) is 19.2 Å². The molecule has 2 nitrogen and oxygen atoms in total. The Morgan fingerprint density at radius 3 is 2.17 bits per heavy atom. The van der Waals surface area contributed by atoms with E-state index in [4.69, 9.17) is 0 Å². The molecule has 18 heavy (non-hydrogen) atoms. The predicted molar refractivity (Wildman–Crippen MR) is 61.8 cm³/mol. The monoisotopic (exact) mass is 253 g/mol. The average molecular weight is 253 g/mol. The van der Waals surface area contributed by atoms with Crippen LogP contribution in [0.5, 0.6) is 0 Å². The number of aryl methyl sites for hydroxylation is 1. The van der Waals surface area contributed by atoms with E-state index in [0.29, 0.717) is 5.69 Å². The lowest BCUT2D eigenvalue weighted by molar-refractivity contribution is -0.137. The highest BCUT2D eigenvalue weighted by molar-refractivity contribution is 5.36. The van der Waals surface area contributed by atoms with Gasteiger partial charge in [-0.25, -0.2) is 0 Å². The van der Waals surface area contributed by atoms with Crippen LogP contribution in [-0.2, 0) is 6.18 Å². The van der Waals surface area contributed by atoms with Crippen molar-refractivity contribution in [1.82, 2.24) is 4.57 Å². The van der Waals surface area contributed by atoms with Gasteiger partial charge in [0.1, 0.15) is 0 Å². The van der Waals surface area contributed by atoms with Crippen LogP contribution in [0.2, 0.25) is 0 Å². The first-order valence-electron chi connectivity index (χ1n) is 5.25. The molecule has 0 aliphatic rings. The molecule has 0 spiro atoms. The third-order valence-electron chi connectivity index (χ3n) is 2.55. The van der Waals surface area contributed by atoms with E-state index >= 15 is 0 Å². The summed E-state index contributed by atoms with van der Waals surface area (Å²) in [6.07, 6.45) is -2.82. The van der Waals surface area contributed by atoms with Crippen LogP contribution < -0.4 is 5.56 Å². The number of halogens is 3. The molecule has 0 saturated heterocycles. The number of rotatable bonds is 1. The van der Waals surface area contributed by atoms with E-state index in [1.807, 2.05) is 0 Å². The molecule has 2 rings (SSSR count). The Kier molecular flexibility index (Phi) is 2.98.